The van der Waals surface area contributed by atoms with Crippen molar-refractivity contribution in [3.8, 4) is 17.2 Å². The second kappa shape index (κ2) is 6.95. The fourth-order valence-corrected chi connectivity index (χ4v) is 3.46. The van der Waals surface area contributed by atoms with Crippen LogP contribution in [0, 0.1) is 6.92 Å². The van der Waals surface area contributed by atoms with Crippen LogP contribution >= 0.6 is 0 Å². The van der Waals surface area contributed by atoms with Gasteiger partial charge in [0.2, 0.25) is 5.91 Å². The number of amides is 1. The smallest absolute Gasteiger partial charge is 0.219 e. The van der Waals surface area contributed by atoms with Gasteiger partial charge < -0.3 is 19.3 Å². The Morgan fingerprint density at radius 1 is 1.07 bits per heavy atom. The van der Waals surface area contributed by atoms with Gasteiger partial charge in [0.05, 0.1) is 12.7 Å². The first-order valence-corrected chi connectivity index (χ1v) is 9.11. The maximum absolute atomic E-state index is 11.6. The molecule has 27 heavy (non-hydrogen) atoms. The second-order valence-electron chi connectivity index (χ2n) is 6.86. The number of aliphatic imine (C=N–C) groups is 1. The molecule has 140 valence electrons. The minimum absolute atomic E-state index is 0.117. The summed E-state index contributed by atoms with van der Waals surface area (Å²) in [5.41, 5.74) is 2.85. The summed E-state index contributed by atoms with van der Waals surface area (Å²) in [6.45, 7) is 6.53. The lowest BCUT2D eigenvalue weighted by molar-refractivity contribution is -0.130. The number of carbonyl (C=O) groups is 1. The summed E-state index contributed by atoms with van der Waals surface area (Å²) >= 11 is 0. The molecule has 6 heteroatoms. The molecule has 0 spiro atoms. The van der Waals surface area contributed by atoms with Crippen molar-refractivity contribution in [3.05, 3.63) is 47.5 Å². The molecule has 1 amide bonds. The Kier molecular flexibility index (Phi) is 4.48. The molecule has 0 radical (unpaired) electrons. The second-order valence-corrected chi connectivity index (χ2v) is 6.86. The summed E-state index contributed by atoms with van der Waals surface area (Å²) in [5.74, 6) is 3.20. The molecule has 2 aliphatic rings. The number of carbonyl (C=O) groups excluding carboxylic acids is 1. The minimum atomic E-state index is 0.117. The Labute approximate surface area is 159 Å². The Bertz CT molecular complexity index is 915. The van der Waals surface area contributed by atoms with E-state index in [0.717, 1.165) is 53.0 Å². The van der Waals surface area contributed by atoms with Crippen molar-refractivity contribution in [1.82, 2.24) is 9.80 Å². The van der Waals surface area contributed by atoms with E-state index in [0.29, 0.717) is 13.1 Å². The highest BCUT2D eigenvalue weighted by atomic mass is 16.5. The summed E-state index contributed by atoms with van der Waals surface area (Å²) < 4.78 is 11.6. The number of rotatable bonds is 1. The molecule has 0 N–H and O–H groups in total. The molecule has 2 aromatic rings. The third-order valence-electron chi connectivity index (χ3n) is 5.02. The zero-order chi connectivity index (χ0) is 19.0. The number of benzene rings is 2. The van der Waals surface area contributed by atoms with Crippen LogP contribution in [0.3, 0.4) is 0 Å². The summed E-state index contributed by atoms with van der Waals surface area (Å²) in [6.07, 6.45) is 0. The van der Waals surface area contributed by atoms with Gasteiger partial charge in [-0.15, -0.1) is 0 Å². The van der Waals surface area contributed by atoms with Gasteiger partial charge in [0.15, 0.2) is 5.75 Å². The van der Waals surface area contributed by atoms with Crippen molar-refractivity contribution >= 4 is 17.4 Å². The van der Waals surface area contributed by atoms with Crippen LogP contribution in [-0.2, 0) is 4.79 Å². The van der Waals surface area contributed by atoms with Crippen LogP contribution in [0.2, 0.25) is 0 Å². The third kappa shape index (κ3) is 3.35. The van der Waals surface area contributed by atoms with E-state index in [-0.39, 0.29) is 5.91 Å². The van der Waals surface area contributed by atoms with Crippen LogP contribution in [0.25, 0.3) is 0 Å². The number of piperazine rings is 1. The molecule has 2 aromatic carbocycles. The molecular formula is C21H23N3O3. The molecule has 6 nitrogen and oxygen atoms in total. The predicted octanol–water partition coefficient (Wildman–Crippen LogP) is 3.35. The molecular weight excluding hydrogens is 342 g/mol. The number of hydrogen-bond donors (Lipinski definition) is 0. The van der Waals surface area contributed by atoms with Crippen molar-refractivity contribution < 1.29 is 14.3 Å². The van der Waals surface area contributed by atoms with Crippen molar-refractivity contribution in [3.63, 3.8) is 0 Å². The van der Waals surface area contributed by atoms with E-state index < -0.39 is 0 Å². The molecule has 0 saturated carbocycles. The zero-order valence-electron chi connectivity index (χ0n) is 15.9. The third-order valence-corrected chi connectivity index (χ3v) is 5.02. The summed E-state index contributed by atoms with van der Waals surface area (Å²) in [5, 5.41) is 0. The average molecular weight is 365 g/mol. The first kappa shape index (κ1) is 17.4. The summed E-state index contributed by atoms with van der Waals surface area (Å²) in [4.78, 5) is 20.7. The summed E-state index contributed by atoms with van der Waals surface area (Å²) in [7, 11) is 1.65. The molecule has 0 unspecified atom stereocenters. The van der Waals surface area contributed by atoms with Crippen LogP contribution in [0.5, 0.6) is 17.2 Å². The van der Waals surface area contributed by atoms with E-state index >= 15 is 0 Å². The van der Waals surface area contributed by atoms with Gasteiger partial charge >= 0.3 is 0 Å². The Morgan fingerprint density at radius 3 is 2.56 bits per heavy atom. The van der Waals surface area contributed by atoms with Crippen molar-refractivity contribution in [2.24, 2.45) is 4.99 Å². The van der Waals surface area contributed by atoms with Crippen LogP contribution in [0.1, 0.15) is 18.1 Å². The number of hydrogen-bond acceptors (Lipinski definition) is 5. The molecule has 0 atom stereocenters. The average Bonchev–Trinajstić information content (AvgIpc) is 2.83. The van der Waals surface area contributed by atoms with Crippen molar-refractivity contribution in [2.45, 2.75) is 13.8 Å². The molecule has 0 aromatic heterocycles. The van der Waals surface area contributed by atoms with E-state index in [1.807, 2.05) is 48.2 Å². The first-order valence-electron chi connectivity index (χ1n) is 9.11. The fraction of sp³-hybridized carbons (Fsp3) is 0.333. The molecule has 2 heterocycles. The number of fused-ring (bicyclic) bond motifs is 2. The minimum Gasteiger partial charge on any atom is -0.497 e. The lowest BCUT2D eigenvalue weighted by Gasteiger charge is -2.36. The fourth-order valence-electron chi connectivity index (χ4n) is 3.46. The van der Waals surface area contributed by atoms with Gasteiger partial charge in [-0.2, -0.15) is 0 Å². The SMILES string of the molecule is COc1ccc2c(c1)Oc1cc(C)ccc1N=C2N1CCN(C(C)=O)CC1. The first-order chi connectivity index (χ1) is 13.0. The van der Waals surface area contributed by atoms with E-state index in [1.54, 1.807) is 14.0 Å². The number of ether oxygens (including phenoxy) is 2. The van der Waals surface area contributed by atoms with Gasteiger partial charge in [0.25, 0.3) is 0 Å². The van der Waals surface area contributed by atoms with Crippen LogP contribution in [-0.4, -0.2) is 54.8 Å². The van der Waals surface area contributed by atoms with E-state index in [4.69, 9.17) is 14.5 Å². The van der Waals surface area contributed by atoms with Crippen LogP contribution in [0.15, 0.2) is 41.4 Å². The van der Waals surface area contributed by atoms with Crippen molar-refractivity contribution in [1.29, 1.82) is 0 Å². The highest BCUT2D eigenvalue weighted by molar-refractivity contribution is 6.04. The lowest BCUT2D eigenvalue weighted by Crippen LogP contribution is -2.50. The van der Waals surface area contributed by atoms with Crippen LogP contribution in [0.4, 0.5) is 5.69 Å². The van der Waals surface area contributed by atoms with Crippen LogP contribution < -0.4 is 9.47 Å². The number of nitrogens with zero attached hydrogens (tertiary/aromatic N) is 3. The summed E-state index contributed by atoms with van der Waals surface area (Å²) in [6, 6.07) is 11.8. The van der Waals surface area contributed by atoms with Crippen molar-refractivity contribution in [2.75, 3.05) is 33.3 Å². The van der Waals surface area contributed by atoms with Gasteiger partial charge in [-0.3, -0.25) is 4.79 Å². The predicted molar refractivity (Wildman–Crippen MR) is 104 cm³/mol. The standard InChI is InChI=1S/C21H23N3O3/c1-14-4-7-18-20(12-14)27-19-13-16(26-3)5-6-17(19)21(22-18)24-10-8-23(9-11-24)15(2)25/h4-7,12-13H,8-11H2,1-3H3. The normalized spacial score (nSPS) is 15.9. The Morgan fingerprint density at radius 2 is 1.85 bits per heavy atom. The molecule has 2 aliphatic heterocycles. The quantitative estimate of drug-likeness (QED) is 0.778. The maximum Gasteiger partial charge on any atom is 0.219 e. The highest BCUT2D eigenvalue weighted by Gasteiger charge is 2.27. The largest absolute Gasteiger partial charge is 0.497 e. The Hall–Kier alpha value is -3.02. The molecule has 1 fully saturated rings. The number of amidine groups is 1. The molecule has 4 rings (SSSR count). The molecule has 1 saturated heterocycles. The number of aryl methyl sites for hydroxylation is 1. The lowest BCUT2D eigenvalue weighted by atomic mass is 10.1. The van der Waals surface area contributed by atoms with Gasteiger partial charge in [0, 0.05) is 39.2 Å². The molecule has 0 bridgehead atoms. The van der Waals surface area contributed by atoms with Gasteiger partial charge in [-0.25, -0.2) is 4.99 Å². The zero-order valence-corrected chi connectivity index (χ0v) is 15.9. The van der Waals surface area contributed by atoms with Gasteiger partial charge in [-0.1, -0.05) is 6.07 Å². The maximum atomic E-state index is 11.6. The van der Waals surface area contributed by atoms with E-state index in [9.17, 15) is 4.79 Å². The topological polar surface area (TPSA) is 54.4 Å². The number of methoxy groups -OCH3 is 1. The molecule has 0 aliphatic carbocycles. The van der Waals surface area contributed by atoms with E-state index in [2.05, 4.69) is 4.90 Å². The monoisotopic (exact) mass is 365 g/mol. The Balaban J connectivity index is 1.77. The van der Waals surface area contributed by atoms with Gasteiger partial charge in [0.1, 0.15) is 23.0 Å². The van der Waals surface area contributed by atoms with E-state index in [1.165, 1.54) is 0 Å². The van der Waals surface area contributed by atoms with Gasteiger partial charge in [-0.05, 0) is 36.8 Å². The highest BCUT2D eigenvalue weighted by Crippen LogP contribution is 2.40.